The molecule has 2 aromatic rings. The highest BCUT2D eigenvalue weighted by Crippen LogP contribution is 2.27. The lowest BCUT2D eigenvalue weighted by atomic mass is 9.92. The highest BCUT2D eigenvalue weighted by Gasteiger charge is 2.32. The average molecular weight is 355 g/mol. The highest BCUT2D eigenvalue weighted by atomic mass is 16.5. The molecular formula is C20H29N5O. The van der Waals surface area contributed by atoms with Gasteiger partial charge in [-0.1, -0.05) is 25.9 Å². The van der Waals surface area contributed by atoms with Crippen molar-refractivity contribution in [3.8, 4) is 0 Å². The molecule has 140 valence electrons. The van der Waals surface area contributed by atoms with Gasteiger partial charge >= 0.3 is 0 Å². The van der Waals surface area contributed by atoms with Crippen LogP contribution in [0.3, 0.4) is 0 Å². The van der Waals surface area contributed by atoms with Crippen molar-refractivity contribution in [1.29, 1.82) is 0 Å². The van der Waals surface area contributed by atoms with Crippen molar-refractivity contribution in [3.63, 3.8) is 0 Å². The summed E-state index contributed by atoms with van der Waals surface area (Å²) < 4.78 is 5.54. The summed E-state index contributed by atoms with van der Waals surface area (Å²) in [4.78, 5) is 4.68. The summed E-state index contributed by atoms with van der Waals surface area (Å²) in [5.41, 5.74) is 3.57. The summed E-state index contributed by atoms with van der Waals surface area (Å²) in [6.07, 6.45) is 4.65. The van der Waals surface area contributed by atoms with E-state index in [1.807, 2.05) is 0 Å². The molecule has 0 unspecified atom stereocenters. The first-order chi connectivity index (χ1) is 12.4. The second-order valence-corrected chi connectivity index (χ2v) is 8.74. The second kappa shape index (κ2) is 6.65. The van der Waals surface area contributed by atoms with E-state index in [4.69, 9.17) is 4.52 Å². The van der Waals surface area contributed by atoms with E-state index in [1.54, 1.807) is 0 Å². The molecule has 6 nitrogen and oxygen atoms in total. The smallest absolute Gasteiger partial charge is 0.151 e. The SMILES string of the molecule is CN(Cc1noc2c1CCCC2)C1CN(c2ccc(C(C)(C)C)nn2)C1. The maximum atomic E-state index is 5.54. The quantitative estimate of drug-likeness (QED) is 0.840. The van der Waals surface area contributed by atoms with E-state index in [9.17, 15) is 0 Å². The Labute approximate surface area is 155 Å². The zero-order valence-electron chi connectivity index (χ0n) is 16.3. The van der Waals surface area contributed by atoms with Crippen LogP contribution in [0.1, 0.15) is 56.3 Å². The van der Waals surface area contributed by atoms with Crippen molar-refractivity contribution in [2.24, 2.45) is 0 Å². The molecule has 0 spiro atoms. The standard InChI is InChI=1S/C20H29N5O/c1-20(2,3)18-9-10-19(22-21-18)25-11-14(12-25)24(4)13-16-15-7-5-6-8-17(15)26-23-16/h9-10,14H,5-8,11-13H2,1-4H3. The fraction of sp³-hybridized carbons (Fsp3) is 0.650. The van der Waals surface area contributed by atoms with Crippen molar-refractivity contribution in [2.75, 3.05) is 25.0 Å². The summed E-state index contributed by atoms with van der Waals surface area (Å²) in [7, 11) is 2.18. The molecule has 0 saturated carbocycles. The molecule has 26 heavy (non-hydrogen) atoms. The van der Waals surface area contributed by atoms with Gasteiger partial charge < -0.3 is 9.42 Å². The van der Waals surface area contributed by atoms with Crippen LogP contribution in [0, 0.1) is 0 Å². The second-order valence-electron chi connectivity index (χ2n) is 8.74. The van der Waals surface area contributed by atoms with Crippen molar-refractivity contribution in [3.05, 3.63) is 34.8 Å². The molecule has 1 saturated heterocycles. The molecule has 0 radical (unpaired) electrons. The van der Waals surface area contributed by atoms with Gasteiger partial charge in [0.1, 0.15) is 11.5 Å². The van der Waals surface area contributed by atoms with Crippen LogP contribution in [-0.4, -0.2) is 46.4 Å². The minimum Gasteiger partial charge on any atom is -0.361 e. The third kappa shape index (κ3) is 3.34. The lowest BCUT2D eigenvalue weighted by Crippen LogP contribution is -2.58. The van der Waals surface area contributed by atoms with E-state index in [0.717, 1.165) is 55.4 Å². The topological polar surface area (TPSA) is 58.3 Å². The molecule has 3 heterocycles. The fourth-order valence-corrected chi connectivity index (χ4v) is 3.75. The molecule has 0 amide bonds. The molecule has 1 fully saturated rings. The van der Waals surface area contributed by atoms with Gasteiger partial charge in [-0.05, 0) is 38.4 Å². The summed E-state index contributed by atoms with van der Waals surface area (Å²) in [6, 6.07) is 4.72. The van der Waals surface area contributed by atoms with Crippen LogP contribution in [-0.2, 0) is 24.8 Å². The van der Waals surface area contributed by atoms with E-state index in [1.165, 1.54) is 18.4 Å². The molecule has 1 aliphatic heterocycles. The Morgan fingerprint density at radius 1 is 1.15 bits per heavy atom. The van der Waals surface area contributed by atoms with E-state index < -0.39 is 0 Å². The van der Waals surface area contributed by atoms with Crippen LogP contribution < -0.4 is 4.90 Å². The summed E-state index contributed by atoms with van der Waals surface area (Å²) in [6.45, 7) is 9.32. The van der Waals surface area contributed by atoms with Gasteiger partial charge in [-0.25, -0.2) is 0 Å². The number of anilines is 1. The molecule has 0 N–H and O–H groups in total. The fourth-order valence-electron chi connectivity index (χ4n) is 3.75. The average Bonchev–Trinajstić information content (AvgIpc) is 2.96. The van der Waals surface area contributed by atoms with E-state index in [2.05, 4.69) is 65.1 Å². The van der Waals surface area contributed by atoms with Gasteiger partial charge in [0, 0.05) is 43.1 Å². The van der Waals surface area contributed by atoms with E-state index in [-0.39, 0.29) is 5.41 Å². The number of hydrogen-bond donors (Lipinski definition) is 0. The normalized spacial score (nSPS) is 18.1. The molecule has 0 atom stereocenters. The van der Waals surface area contributed by atoms with Crippen LogP contribution in [0.25, 0.3) is 0 Å². The third-order valence-electron chi connectivity index (χ3n) is 5.66. The van der Waals surface area contributed by atoms with E-state index >= 15 is 0 Å². The zero-order valence-corrected chi connectivity index (χ0v) is 16.3. The van der Waals surface area contributed by atoms with Crippen LogP contribution >= 0.6 is 0 Å². The van der Waals surface area contributed by atoms with Crippen molar-refractivity contribution in [2.45, 2.75) is 64.5 Å². The monoisotopic (exact) mass is 355 g/mol. The Kier molecular flexibility index (Phi) is 4.47. The van der Waals surface area contributed by atoms with Crippen LogP contribution in [0.2, 0.25) is 0 Å². The number of nitrogens with zero attached hydrogens (tertiary/aromatic N) is 5. The van der Waals surface area contributed by atoms with Gasteiger partial charge in [-0.3, -0.25) is 4.90 Å². The van der Waals surface area contributed by atoms with E-state index in [0.29, 0.717) is 6.04 Å². The first-order valence-corrected chi connectivity index (χ1v) is 9.67. The Balaban J connectivity index is 1.33. The molecule has 2 aliphatic rings. The maximum Gasteiger partial charge on any atom is 0.151 e. The summed E-state index contributed by atoms with van der Waals surface area (Å²) in [5.74, 6) is 2.09. The molecule has 4 rings (SSSR count). The number of hydrogen-bond acceptors (Lipinski definition) is 6. The number of likely N-dealkylation sites (N-methyl/N-ethyl adjacent to an activating group) is 1. The zero-order chi connectivity index (χ0) is 18.3. The van der Waals surface area contributed by atoms with Gasteiger partial charge in [0.25, 0.3) is 0 Å². The molecule has 0 aromatic carbocycles. The van der Waals surface area contributed by atoms with Crippen LogP contribution in [0.4, 0.5) is 5.82 Å². The van der Waals surface area contributed by atoms with Gasteiger partial charge in [0.2, 0.25) is 0 Å². The first-order valence-electron chi connectivity index (χ1n) is 9.67. The molecule has 0 bridgehead atoms. The van der Waals surface area contributed by atoms with Crippen LogP contribution in [0.15, 0.2) is 16.7 Å². The lowest BCUT2D eigenvalue weighted by molar-refractivity contribution is 0.191. The van der Waals surface area contributed by atoms with Gasteiger partial charge in [0.05, 0.1) is 5.69 Å². The summed E-state index contributed by atoms with van der Waals surface area (Å²) >= 11 is 0. The van der Waals surface area contributed by atoms with Crippen molar-refractivity contribution >= 4 is 5.82 Å². The van der Waals surface area contributed by atoms with Gasteiger partial charge in [0.15, 0.2) is 5.82 Å². The lowest BCUT2D eigenvalue weighted by Gasteiger charge is -2.44. The Morgan fingerprint density at radius 2 is 1.92 bits per heavy atom. The third-order valence-corrected chi connectivity index (χ3v) is 5.66. The highest BCUT2D eigenvalue weighted by molar-refractivity contribution is 5.42. The number of aryl methyl sites for hydroxylation is 1. The number of fused-ring (bicyclic) bond motifs is 1. The predicted octanol–water partition coefficient (Wildman–Crippen LogP) is 2.96. The van der Waals surface area contributed by atoms with Gasteiger partial charge in [-0.15, -0.1) is 5.10 Å². The maximum absolute atomic E-state index is 5.54. The molecule has 2 aromatic heterocycles. The Hall–Kier alpha value is -1.95. The molecule has 1 aliphatic carbocycles. The van der Waals surface area contributed by atoms with Crippen LogP contribution in [0.5, 0.6) is 0 Å². The largest absolute Gasteiger partial charge is 0.361 e. The summed E-state index contributed by atoms with van der Waals surface area (Å²) in [5, 5.41) is 13.2. The van der Waals surface area contributed by atoms with Crippen molar-refractivity contribution < 1.29 is 4.52 Å². The Bertz CT molecular complexity index is 755. The predicted molar refractivity (Wildman–Crippen MR) is 101 cm³/mol. The Morgan fingerprint density at radius 3 is 2.62 bits per heavy atom. The minimum atomic E-state index is 0.0416. The number of aromatic nitrogens is 3. The van der Waals surface area contributed by atoms with Gasteiger partial charge in [-0.2, -0.15) is 5.10 Å². The first kappa shape index (κ1) is 17.5. The van der Waals surface area contributed by atoms with Crippen molar-refractivity contribution in [1.82, 2.24) is 20.3 Å². The molecule has 6 heteroatoms. The molecular weight excluding hydrogens is 326 g/mol. The number of rotatable bonds is 4. The minimum absolute atomic E-state index is 0.0416.